The van der Waals surface area contributed by atoms with Gasteiger partial charge in [0.05, 0.1) is 30.1 Å². The number of aryl methyl sites for hydroxylation is 3. The van der Waals surface area contributed by atoms with Gasteiger partial charge >= 0.3 is 0 Å². The van der Waals surface area contributed by atoms with Gasteiger partial charge in [0, 0.05) is 17.5 Å². The van der Waals surface area contributed by atoms with Crippen molar-refractivity contribution in [2.24, 2.45) is 0 Å². The molecule has 0 saturated carbocycles. The van der Waals surface area contributed by atoms with Crippen LogP contribution in [0.2, 0.25) is 0 Å². The lowest BCUT2D eigenvalue weighted by atomic mass is 10.0. The lowest BCUT2D eigenvalue weighted by Gasteiger charge is -2.22. The minimum absolute atomic E-state index is 0.0347. The number of nitrogens with one attached hydrogen (secondary N) is 1. The number of fused-ring (bicyclic) bond motifs is 2. The zero-order chi connectivity index (χ0) is 24.0. The van der Waals surface area contributed by atoms with E-state index in [0.29, 0.717) is 27.9 Å². The maximum absolute atomic E-state index is 14.0. The number of aromatic nitrogens is 3. The summed E-state index contributed by atoms with van der Waals surface area (Å²) in [7, 11) is -4.07. The van der Waals surface area contributed by atoms with Crippen molar-refractivity contribution in [2.75, 3.05) is 0 Å². The molecule has 0 aliphatic heterocycles. The van der Waals surface area contributed by atoms with Crippen LogP contribution in [0.4, 0.5) is 0 Å². The van der Waals surface area contributed by atoms with Crippen LogP contribution in [0.1, 0.15) is 28.0 Å². The molecule has 0 unspecified atom stereocenters. The molecular weight excluding hydrogens is 472 g/mol. The van der Waals surface area contributed by atoms with E-state index in [-0.39, 0.29) is 23.5 Å². The third kappa shape index (κ3) is 3.83. The van der Waals surface area contributed by atoms with Crippen LogP contribution in [0.15, 0.2) is 62.8 Å². The standard InChI is InChI=1S/C24H22N4O4S2/c1-14-6-7-15(2)21-19(14)11-17(24(29)25-21)12-28(13-18-5-4-10-32-18)34(30,31)23-16(3)8-9-20-22(23)27-33-26-20/h4-11H,12-13H2,1-3H3,(H,25,29). The predicted octanol–water partition coefficient (Wildman–Crippen LogP) is 4.44. The summed E-state index contributed by atoms with van der Waals surface area (Å²) in [5.41, 5.74) is 4.11. The molecule has 0 atom stereocenters. The van der Waals surface area contributed by atoms with Crippen molar-refractivity contribution < 1.29 is 12.8 Å². The molecule has 1 N–H and O–H groups in total. The van der Waals surface area contributed by atoms with E-state index < -0.39 is 10.0 Å². The van der Waals surface area contributed by atoms with E-state index >= 15 is 0 Å². The first-order valence-electron chi connectivity index (χ1n) is 10.6. The van der Waals surface area contributed by atoms with Crippen LogP contribution >= 0.6 is 11.7 Å². The smallest absolute Gasteiger partial charge is 0.252 e. The number of aromatic amines is 1. The van der Waals surface area contributed by atoms with Crippen LogP contribution in [0.3, 0.4) is 0 Å². The van der Waals surface area contributed by atoms with Gasteiger partial charge in [0.2, 0.25) is 10.0 Å². The minimum atomic E-state index is -4.07. The van der Waals surface area contributed by atoms with Gasteiger partial charge in [-0.3, -0.25) is 4.79 Å². The Morgan fingerprint density at radius 1 is 1.00 bits per heavy atom. The molecule has 2 aromatic carbocycles. The van der Waals surface area contributed by atoms with Crippen LogP contribution in [-0.2, 0) is 23.1 Å². The molecule has 0 aliphatic rings. The summed E-state index contributed by atoms with van der Waals surface area (Å²) in [6, 6.07) is 12.6. The van der Waals surface area contributed by atoms with Gasteiger partial charge in [-0.1, -0.05) is 18.2 Å². The number of benzene rings is 2. The molecule has 0 saturated heterocycles. The number of rotatable bonds is 6. The second-order valence-corrected chi connectivity index (χ2v) is 10.7. The Kier molecular flexibility index (Phi) is 5.59. The Balaban J connectivity index is 1.66. The highest BCUT2D eigenvalue weighted by Gasteiger charge is 2.31. The predicted molar refractivity (Wildman–Crippen MR) is 131 cm³/mol. The molecule has 174 valence electrons. The van der Waals surface area contributed by atoms with E-state index in [0.717, 1.165) is 33.8 Å². The van der Waals surface area contributed by atoms with Crippen LogP contribution < -0.4 is 5.56 Å². The minimum Gasteiger partial charge on any atom is -0.468 e. The second-order valence-electron chi connectivity index (χ2n) is 8.31. The van der Waals surface area contributed by atoms with Crippen LogP contribution in [-0.4, -0.2) is 26.5 Å². The molecule has 3 aromatic heterocycles. The first kappa shape index (κ1) is 22.5. The average Bonchev–Trinajstić information content (AvgIpc) is 3.48. The average molecular weight is 495 g/mol. The highest BCUT2D eigenvalue weighted by Crippen LogP contribution is 2.30. The third-order valence-electron chi connectivity index (χ3n) is 5.96. The fourth-order valence-electron chi connectivity index (χ4n) is 4.11. The quantitative estimate of drug-likeness (QED) is 0.374. The second kappa shape index (κ2) is 8.46. The Morgan fingerprint density at radius 3 is 2.53 bits per heavy atom. The molecule has 8 nitrogen and oxygen atoms in total. The number of sulfonamides is 1. The van der Waals surface area contributed by atoms with Gasteiger partial charge in [0.15, 0.2) is 0 Å². The highest BCUT2D eigenvalue weighted by molar-refractivity contribution is 7.89. The lowest BCUT2D eigenvalue weighted by molar-refractivity contribution is 0.357. The molecule has 10 heteroatoms. The summed E-state index contributed by atoms with van der Waals surface area (Å²) < 4.78 is 43.2. The first-order chi connectivity index (χ1) is 16.3. The summed E-state index contributed by atoms with van der Waals surface area (Å²) in [5, 5.41) is 0.881. The molecule has 0 amide bonds. The van der Waals surface area contributed by atoms with E-state index in [1.54, 1.807) is 37.3 Å². The van der Waals surface area contributed by atoms with Gasteiger partial charge in [-0.25, -0.2) is 8.42 Å². The summed E-state index contributed by atoms with van der Waals surface area (Å²) in [6.07, 6.45) is 1.49. The molecule has 0 fully saturated rings. The highest BCUT2D eigenvalue weighted by atomic mass is 32.2. The van der Waals surface area contributed by atoms with Gasteiger partial charge in [0.1, 0.15) is 21.7 Å². The maximum atomic E-state index is 14.0. The van der Waals surface area contributed by atoms with Crippen LogP contribution in [0, 0.1) is 20.8 Å². The Bertz CT molecular complexity index is 1690. The number of hydrogen-bond donors (Lipinski definition) is 1. The van der Waals surface area contributed by atoms with Crippen molar-refractivity contribution >= 4 is 43.7 Å². The fraction of sp³-hybridized carbons (Fsp3) is 0.208. The Hall–Kier alpha value is -3.34. The van der Waals surface area contributed by atoms with Crippen molar-refractivity contribution in [1.82, 2.24) is 18.0 Å². The van der Waals surface area contributed by atoms with Gasteiger partial charge in [0.25, 0.3) is 5.56 Å². The number of H-pyrrole nitrogens is 1. The summed E-state index contributed by atoms with van der Waals surface area (Å²) >= 11 is 0.963. The van der Waals surface area contributed by atoms with E-state index in [2.05, 4.69) is 13.7 Å². The molecule has 0 spiro atoms. The van der Waals surface area contributed by atoms with Crippen LogP contribution in [0.25, 0.3) is 21.9 Å². The van der Waals surface area contributed by atoms with Crippen molar-refractivity contribution in [3.8, 4) is 0 Å². The summed E-state index contributed by atoms with van der Waals surface area (Å²) in [4.78, 5) is 16.0. The zero-order valence-corrected chi connectivity index (χ0v) is 20.5. The molecule has 0 bridgehead atoms. The third-order valence-corrected chi connectivity index (χ3v) is 8.47. The van der Waals surface area contributed by atoms with E-state index in [9.17, 15) is 13.2 Å². The largest absolute Gasteiger partial charge is 0.468 e. The molecule has 3 heterocycles. The Labute approximate surface area is 200 Å². The number of furan rings is 1. The monoisotopic (exact) mass is 494 g/mol. The number of nitrogens with zero attached hydrogens (tertiary/aromatic N) is 3. The number of pyridine rings is 1. The lowest BCUT2D eigenvalue weighted by Crippen LogP contribution is -2.33. The normalized spacial score (nSPS) is 12.2. The van der Waals surface area contributed by atoms with Crippen molar-refractivity contribution in [1.29, 1.82) is 0 Å². The van der Waals surface area contributed by atoms with E-state index in [1.165, 1.54) is 10.6 Å². The van der Waals surface area contributed by atoms with Crippen molar-refractivity contribution in [2.45, 2.75) is 38.8 Å². The molecule has 34 heavy (non-hydrogen) atoms. The van der Waals surface area contributed by atoms with Gasteiger partial charge < -0.3 is 9.40 Å². The van der Waals surface area contributed by atoms with Gasteiger partial charge in [-0.2, -0.15) is 13.1 Å². The zero-order valence-electron chi connectivity index (χ0n) is 18.8. The maximum Gasteiger partial charge on any atom is 0.252 e. The fourth-order valence-corrected chi connectivity index (χ4v) is 6.45. The van der Waals surface area contributed by atoms with Gasteiger partial charge in [-0.05, 0) is 61.7 Å². The molecular formula is C24H22N4O4S2. The summed E-state index contributed by atoms with van der Waals surface area (Å²) in [6.45, 7) is 5.45. The molecule has 5 aromatic rings. The van der Waals surface area contributed by atoms with E-state index in [1.807, 2.05) is 26.0 Å². The molecule has 5 rings (SSSR count). The van der Waals surface area contributed by atoms with E-state index in [4.69, 9.17) is 4.42 Å². The SMILES string of the molecule is Cc1ccc2nsnc2c1S(=O)(=O)N(Cc1ccco1)Cc1cc2c(C)ccc(C)c2[nH]c1=O. The Morgan fingerprint density at radius 2 is 1.76 bits per heavy atom. The van der Waals surface area contributed by atoms with Crippen molar-refractivity contribution in [3.05, 3.63) is 87.1 Å². The first-order valence-corrected chi connectivity index (χ1v) is 12.8. The number of hydrogen-bond acceptors (Lipinski definition) is 7. The summed E-state index contributed by atoms with van der Waals surface area (Å²) in [5.74, 6) is 0.467. The van der Waals surface area contributed by atoms with Crippen LogP contribution in [0.5, 0.6) is 0 Å². The van der Waals surface area contributed by atoms with Gasteiger partial charge in [-0.15, -0.1) is 0 Å². The topological polar surface area (TPSA) is 109 Å². The molecule has 0 radical (unpaired) electrons. The molecule has 0 aliphatic carbocycles. The van der Waals surface area contributed by atoms with Crippen molar-refractivity contribution in [3.63, 3.8) is 0 Å².